The van der Waals surface area contributed by atoms with E-state index < -0.39 is 17.8 Å². The van der Waals surface area contributed by atoms with Crippen molar-refractivity contribution in [2.45, 2.75) is 32.7 Å². The van der Waals surface area contributed by atoms with E-state index in [1.165, 1.54) is 5.56 Å². The number of carboxylic acids is 1. The zero-order valence-electron chi connectivity index (χ0n) is 18.8. The average Bonchev–Trinajstić information content (AvgIpc) is 3.23. The van der Waals surface area contributed by atoms with Crippen molar-refractivity contribution in [2.75, 3.05) is 5.32 Å². The molecule has 0 fully saturated rings. The summed E-state index contributed by atoms with van der Waals surface area (Å²) in [7, 11) is 0. The Labute approximate surface area is 196 Å². The quantitative estimate of drug-likeness (QED) is 0.573. The van der Waals surface area contributed by atoms with Crippen LogP contribution >= 0.6 is 0 Å². The maximum Gasteiger partial charge on any atom is 0.307 e. The van der Waals surface area contributed by atoms with E-state index in [4.69, 9.17) is 4.98 Å². The molecule has 34 heavy (non-hydrogen) atoms. The Morgan fingerprint density at radius 1 is 1.09 bits per heavy atom. The SMILES string of the molecule is Cc1ccc(/C=C2\CCn3c2nc2cc(NC(=O)[C@@H]4CC=CC[C@@H]4C(=O)O)ccc2c3=O)cc1. The van der Waals surface area contributed by atoms with Crippen LogP contribution in [0.2, 0.25) is 0 Å². The first-order valence-electron chi connectivity index (χ1n) is 11.4. The second kappa shape index (κ2) is 8.74. The average molecular weight is 456 g/mol. The van der Waals surface area contributed by atoms with Crippen molar-refractivity contribution in [2.24, 2.45) is 11.8 Å². The Hall–Kier alpha value is -4.00. The van der Waals surface area contributed by atoms with Crippen LogP contribution in [0.5, 0.6) is 0 Å². The van der Waals surface area contributed by atoms with Crippen molar-refractivity contribution >= 4 is 40.1 Å². The van der Waals surface area contributed by atoms with E-state index in [0.717, 1.165) is 17.6 Å². The number of fused-ring (bicyclic) bond motifs is 2. The molecule has 172 valence electrons. The summed E-state index contributed by atoms with van der Waals surface area (Å²) in [6.07, 6.45) is 7.16. The number of aromatic nitrogens is 2. The molecule has 2 heterocycles. The Kier molecular flexibility index (Phi) is 5.61. The fourth-order valence-corrected chi connectivity index (χ4v) is 4.71. The van der Waals surface area contributed by atoms with E-state index in [2.05, 4.69) is 11.4 Å². The maximum atomic E-state index is 13.1. The molecule has 7 nitrogen and oxygen atoms in total. The van der Waals surface area contributed by atoms with Gasteiger partial charge in [-0.2, -0.15) is 0 Å². The van der Waals surface area contributed by atoms with Gasteiger partial charge in [-0.05, 0) is 61.6 Å². The number of nitrogens with one attached hydrogen (secondary N) is 1. The van der Waals surface area contributed by atoms with Gasteiger partial charge in [0.2, 0.25) is 5.91 Å². The number of carboxylic acid groups (broad SMARTS) is 1. The van der Waals surface area contributed by atoms with E-state index in [1.807, 2.05) is 37.3 Å². The number of nitrogens with zero attached hydrogens (tertiary/aromatic N) is 2. The highest BCUT2D eigenvalue weighted by Crippen LogP contribution is 2.30. The molecule has 2 aromatic carbocycles. The van der Waals surface area contributed by atoms with Gasteiger partial charge in [-0.3, -0.25) is 19.0 Å². The lowest BCUT2D eigenvalue weighted by Crippen LogP contribution is -2.34. The van der Waals surface area contributed by atoms with Crippen LogP contribution in [-0.2, 0) is 16.1 Å². The van der Waals surface area contributed by atoms with Crippen molar-refractivity contribution in [3.63, 3.8) is 0 Å². The second-order valence-electron chi connectivity index (χ2n) is 8.94. The molecule has 2 atom stereocenters. The number of anilines is 1. The number of rotatable bonds is 4. The first-order valence-corrected chi connectivity index (χ1v) is 11.4. The Bertz CT molecular complexity index is 1420. The predicted octanol–water partition coefficient (Wildman–Crippen LogP) is 4.25. The van der Waals surface area contributed by atoms with Gasteiger partial charge < -0.3 is 10.4 Å². The first-order chi connectivity index (χ1) is 16.4. The van der Waals surface area contributed by atoms with Crippen LogP contribution in [0.3, 0.4) is 0 Å². The summed E-state index contributed by atoms with van der Waals surface area (Å²) >= 11 is 0. The van der Waals surface area contributed by atoms with Gasteiger partial charge in [0.1, 0.15) is 5.82 Å². The van der Waals surface area contributed by atoms with Crippen LogP contribution in [0.1, 0.15) is 36.2 Å². The second-order valence-corrected chi connectivity index (χ2v) is 8.94. The number of aryl methyl sites for hydroxylation is 1. The highest BCUT2D eigenvalue weighted by molar-refractivity contribution is 5.97. The fraction of sp³-hybridized carbons (Fsp3) is 0.259. The predicted molar refractivity (Wildman–Crippen MR) is 131 cm³/mol. The fourth-order valence-electron chi connectivity index (χ4n) is 4.71. The maximum absolute atomic E-state index is 13.1. The van der Waals surface area contributed by atoms with Crippen LogP contribution in [0.4, 0.5) is 5.69 Å². The van der Waals surface area contributed by atoms with Crippen LogP contribution in [0.15, 0.2) is 59.4 Å². The molecule has 2 N–H and O–H groups in total. The van der Waals surface area contributed by atoms with E-state index >= 15 is 0 Å². The number of hydrogen-bond acceptors (Lipinski definition) is 4. The Morgan fingerprint density at radius 3 is 2.56 bits per heavy atom. The highest BCUT2D eigenvalue weighted by atomic mass is 16.4. The monoisotopic (exact) mass is 455 g/mol. The van der Waals surface area contributed by atoms with Gasteiger partial charge in [0.25, 0.3) is 5.56 Å². The van der Waals surface area contributed by atoms with Gasteiger partial charge in [0.05, 0.1) is 22.7 Å². The molecule has 3 aromatic rings. The van der Waals surface area contributed by atoms with Crippen molar-refractivity contribution < 1.29 is 14.7 Å². The standard InChI is InChI=1S/C27H25N3O4/c1-16-6-8-17(9-7-16)14-18-12-13-30-24(18)29-23-15-19(10-11-22(23)26(30)32)28-25(31)20-4-2-3-5-21(20)27(33)34/h2-3,6-11,14-15,20-21H,4-5,12-13H2,1H3,(H,28,31)(H,33,34)/b18-14+/t20-,21+/m1/s1. The molecular formula is C27H25N3O4. The summed E-state index contributed by atoms with van der Waals surface area (Å²) in [6.45, 7) is 2.62. The lowest BCUT2D eigenvalue weighted by atomic mass is 9.82. The van der Waals surface area contributed by atoms with Crippen molar-refractivity contribution in [1.29, 1.82) is 0 Å². The molecule has 0 saturated heterocycles. The number of aliphatic carboxylic acids is 1. The molecule has 0 spiro atoms. The van der Waals surface area contributed by atoms with E-state index in [0.29, 0.717) is 41.8 Å². The third-order valence-electron chi connectivity index (χ3n) is 6.62. The molecule has 0 saturated carbocycles. The van der Waals surface area contributed by atoms with Crippen molar-refractivity contribution in [3.05, 3.63) is 81.9 Å². The number of carbonyl (C=O) groups excluding carboxylic acids is 1. The van der Waals surface area contributed by atoms with Gasteiger partial charge in [-0.1, -0.05) is 42.0 Å². The van der Waals surface area contributed by atoms with Crippen molar-refractivity contribution in [1.82, 2.24) is 9.55 Å². The Balaban J connectivity index is 1.47. The number of carbonyl (C=O) groups is 2. The van der Waals surface area contributed by atoms with Gasteiger partial charge >= 0.3 is 5.97 Å². The molecule has 0 radical (unpaired) electrons. The minimum Gasteiger partial charge on any atom is -0.481 e. The number of hydrogen-bond donors (Lipinski definition) is 2. The normalized spacial score (nSPS) is 20.4. The van der Waals surface area contributed by atoms with Crippen LogP contribution in [-0.4, -0.2) is 26.5 Å². The van der Waals surface area contributed by atoms with Crippen molar-refractivity contribution in [3.8, 4) is 0 Å². The molecule has 5 rings (SSSR count). The van der Waals surface area contributed by atoms with Gasteiger partial charge in [-0.25, -0.2) is 4.98 Å². The van der Waals surface area contributed by atoms with Gasteiger partial charge in [0, 0.05) is 12.2 Å². The lowest BCUT2D eigenvalue weighted by Gasteiger charge is -2.24. The smallest absolute Gasteiger partial charge is 0.307 e. The van der Waals surface area contributed by atoms with Crippen LogP contribution in [0.25, 0.3) is 22.6 Å². The molecule has 0 bridgehead atoms. The molecule has 1 aromatic heterocycles. The summed E-state index contributed by atoms with van der Waals surface area (Å²) in [6, 6.07) is 13.2. The summed E-state index contributed by atoms with van der Waals surface area (Å²) in [5.74, 6) is -2.05. The topological polar surface area (TPSA) is 101 Å². The molecule has 7 heteroatoms. The minimum atomic E-state index is -0.971. The van der Waals surface area contributed by atoms with Gasteiger partial charge in [0.15, 0.2) is 0 Å². The minimum absolute atomic E-state index is 0.103. The summed E-state index contributed by atoms with van der Waals surface area (Å²) in [5.41, 5.74) is 4.13. The molecular weight excluding hydrogens is 430 g/mol. The molecule has 1 amide bonds. The molecule has 0 unspecified atom stereocenters. The molecule has 1 aliphatic heterocycles. The van der Waals surface area contributed by atoms with Crippen LogP contribution in [0, 0.1) is 18.8 Å². The largest absolute Gasteiger partial charge is 0.481 e. The number of amides is 1. The number of allylic oxidation sites excluding steroid dienone is 3. The van der Waals surface area contributed by atoms with E-state index in [9.17, 15) is 19.5 Å². The van der Waals surface area contributed by atoms with E-state index in [-0.39, 0.29) is 11.5 Å². The summed E-state index contributed by atoms with van der Waals surface area (Å²) in [5, 5.41) is 12.8. The summed E-state index contributed by atoms with van der Waals surface area (Å²) in [4.78, 5) is 42.3. The summed E-state index contributed by atoms with van der Waals surface area (Å²) < 4.78 is 1.70. The number of benzene rings is 2. The third-order valence-corrected chi connectivity index (χ3v) is 6.62. The first kappa shape index (κ1) is 21.8. The third kappa shape index (κ3) is 4.05. The van der Waals surface area contributed by atoms with E-state index in [1.54, 1.807) is 28.8 Å². The lowest BCUT2D eigenvalue weighted by molar-refractivity contribution is -0.146. The zero-order valence-corrected chi connectivity index (χ0v) is 18.8. The molecule has 2 aliphatic rings. The van der Waals surface area contributed by atoms with Gasteiger partial charge in [-0.15, -0.1) is 0 Å². The zero-order chi connectivity index (χ0) is 23.8. The van der Waals surface area contributed by atoms with Crippen LogP contribution < -0.4 is 10.9 Å². The highest BCUT2D eigenvalue weighted by Gasteiger charge is 2.34. The molecule has 1 aliphatic carbocycles. The Morgan fingerprint density at radius 2 is 1.82 bits per heavy atom.